The zero-order valence-corrected chi connectivity index (χ0v) is 20.2. The zero-order valence-electron chi connectivity index (χ0n) is 18.6. The number of halogens is 1. The monoisotopic (exact) mass is 510 g/mol. The van der Waals surface area contributed by atoms with Crippen molar-refractivity contribution in [1.29, 1.82) is 0 Å². The number of para-hydroxylation sites is 1. The summed E-state index contributed by atoms with van der Waals surface area (Å²) < 4.78 is 30.8. The van der Waals surface area contributed by atoms with Gasteiger partial charge < -0.3 is 4.18 Å². The number of anilines is 1. The van der Waals surface area contributed by atoms with Crippen LogP contribution in [0.15, 0.2) is 77.2 Å². The van der Waals surface area contributed by atoms with Gasteiger partial charge in [-0.05, 0) is 73.5 Å². The minimum Gasteiger partial charge on any atom is -0.378 e. The SMILES string of the molecule is Cc1ccc(N2C(=O)NC(=O)/C(=C\c3ccccc3OS(=O)(=O)c3ccc(Cl)cc3)C2=O)cc1C. The number of carbonyl (C=O) groups is 3. The van der Waals surface area contributed by atoms with Gasteiger partial charge in [0.1, 0.15) is 16.2 Å². The molecular weight excluding hydrogens is 492 g/mol. The number of imide groups is 2. The Morgan fingerprint density at radius 1 is 0.914 bits per heavy atom. The third-order valence-electron chi connectivity index (χ3n) is 5.37. The Hall–Kier alpha value is -3.95. The molecule has 0 aromatic heterocycles. The molecule has 0 atom stereocenters. The van der Waals surface area contributed by atoms with E-state index in [0.717, 1.165) is 16.0 Å². The predicted molar refractivity (Wildman–Crippen MR) is 131 cm³/mol. The van der Waals surface area contributed by atoms with E-state index in [1.165, 1.54) is 42.5 Å². The summed E-state index contributed by atoms with van der Waals surface area (Å²) in [5.74, 6) is -1.86. The van der Waals surface area contributed by atoms with Crippen molar-refractivity contribution >= 4 is 51.3 Å². The van der Waals surface area contributed by atoms with Crippen LogP contribution in [-0.2, 0) is 19.7 Å². The predicted octanol–water partition coefficient (Wildman–Crippen LogP) is 4.39. The molecule has 4 rings (SSSR count). The van der Waals surface area contributed by atoms with Crippen LogP contribution >= 0.6 is 11.6 Å². The maximum atomic E-state index is 13.2. The average Bonchev–Trinajstić information content (AvgIpc) is 2.80. The Kier molecular flexibility index (Phi) is 6.47. The van der Waals surface area contributed by atoms with Crippen LogP contribution in [0.25, 0.3) is 6.08 Å². The number of hydrogen-bond acceptors (Lipinski definition) is 6. The van der Waals surface area contributed by atoms with Gasteiger partial charge in [0.25, 0.3) is 11.8 Å². The van der Waals surface area contributed by atoms with E-state index < -0.39 is 28.0 Å². The van der Waals surface area contributed by atoms with Crippen LogP contribution in [0.1, 0.15) is 16.7 Å². The first-order chi connectivity index (χ1) is 16.6. The number of hydrogen-bond donors (Lipinski definition) is 1. The van der Waals surface area contributed by atoms with Crippen molar-refractivity contribution in [2.45, 2.75) is 18.7 Å². The molecule has 0 unspecified atom stereocenters. The summed E-state index contributed by atoms with van der Waals surface area (Å²) in [4.78, 5) is 39.0. The quantitative estimate of drug-likeness (QED) is 0.309. The number of amides is 4. The molecule has 1 saturated heterocycles. The van der Waals surface area contributed by atoms with E-state index in [4.69, 9.17) is 15.8 Å². The molecule has 1 aliphatic heterocycles. The van der Waals surface area contributed by atoms with Gasteiger partial charge in [-0.1, -0.05) is 35.9 Å². The molecule has 0 radical (unpaired) electrons. The van der Waals surface area contributed by atoms with Gasteiger partial charge in [0.2, 0.25) is 0 Å². The molecular formula is C25H19ClN2O6S. The first kappa shape index (κ1) is 24.2. The third-order valence-corrected chi connectivity index (χ3v) is 6.87. The van der Waals surface area contributed by atoms with E-state index in [-0.39, 0.29) is 21.8 Å². The molecule has 0 spiro atoms. The second kappa shape index (κ2) is 9.36. The molecule has 178 valence electrons. The fraction of sp³-hybridized carbons (Fsp3) is 0.0800. The van der Waals surface area contributed by atoms with E-state index in [2.05, 4.69) is 5.32 Å². The standard InChI is InChI=1S/C25H19ClN2O6S/c1-15-7-10-19(13-16(15)2)28-24(30)21(23(29)27-25(28)31)14-17-5-3-4-6-22(17)34-35(32,33)20-11-8-18(26)9-12-20/h3-14H,1-2H3,(H,27,29,31)/b21-14+. The zero-order chi connectivity index (χ0) is 25.3. The van der Waals surface area contributed by atoms with Crippen molar-refractivity contribution in [3.63, 3.8) is 0 Å². The molecule has 8 nitrogen and oxygen atoms in total. The number of nitrogens with one attached hydrogen (secondary N) is 1. The Morgan fingerprint density at radius 3 is 2.29 bits per heavy atom. The summed E-state index contributed by atoms with van der Waals surface area (Å²) in [5, 5.41) is 2.51. The smallest absolute Gasteiger partial charge is 0.339 e. The molecule has 4 amide bonds. The lowest BCUT2D eigenvalue weighted by atomic mass is 10.0. The van der Waals surface area contributed by atoms with Crippen molar-refractivity contribution in [3.8, 4) is 5.75 Å². The molecule has 0 bridgehead atoms. The molecule has 35 heavy (non-hydrogen) atoms. The van der Waals surface area contributed by atoms with E-state index in [0.29, 0.717) is 10.7 Å². The van der Waals surface area contributed by atoms with Crippen LogP contribution in [0.5, 0.6) is 5.75 Å². The Bertz CT molecular complexity index is 1500. The highest BCUT2D eigenvalue weighted by Gasteiger charge is 2.37. The Morgan fingerprint density at radius 2 is 1.60 bits per heavy atom. The normalized spacial score (nSPS) is 15.3. The number of rotatable bonds is 5. The number of aryl methyl sites for hydroxylation is 2. The van der Waals surface area contributed by atoms with Crippen molar-refractivity contribution in [3.05, 3.63) is 94.0 Å². The van der Waals surface area contributed by atoms with Gasteiger partial charge in [-0.2, -0.15) is 8.42 Å². The van der Waals surface area contributed by atoms with Crippen LogP contribution in [0, 0.1) is 13.8 Å². The van der Waals surface area contributed by atoms with Gasteiger partial charge in [0, 0.05) is 10.6 Å². The topological polar surface area (TPSA) is 110 Å². The largest absolute Gasteiger partial charge is 0.378 e. The lowest BCUT2D eigenvalue weighted by Gasteiger charge is -2.27. The van der Waals surface area contributed by atoms with Gasteiger partial charge >= 0.3 is 16.1 Å². The molecule has 1 aliphatic rings. The van der Waals surface area contributed by atoms with Gasteiger partial charge in [-0.3, -0.25) is 14.9 Å². The van der Waals surface area contributed by atoms with Crippen LogP contribution in [0.3, 0.4) is 0 Å². The van der Waals surface area contributed by atoms with Crippen molar-refractivity contribution in [2.24, 2.45) is 0 Å². The molecule has 0 aliphatic carbocycles. The summed E-state index contributed by atoms with van der Waals surface area (Å²) in [5.41, 5.74) is 1.92. The molecule has 3 aromatic rings. The molecule has 3 aromatic carbocycles. The van der Waals surface area contributed by atoms with Gasteiger partial charge in [0.05, 0.1) is 5.69 Å². The fourth-order valence-corrected chi connectivity index (χ4v) is 4.44. The third kappa shape index (κ3) is 4.96. The second-order valence-electron chi connectivity index (χ2n) is 7.76. The lowest BCUT2D eigenvalue weighted by molar-refractivity contribution is -0.122. The Labute approximate surface area is 206 Å². The van der Waals surface area contributed by atoms with Crippen LogP contribution < -0.4 is 14.4 Å². The van der Waals surface area contributed by atoms with Crippen molar-refractivity contribution in [1.82, 2.24) is 5.32 Å². The number of benzene rings is 3. The van der Waals surface area contributed by atoms with E-state index in [1.807, 2.05) is 13.8 Å². The summed E-state index contributed by atoms with van der Waals surface area (Å²) in [6.45, 7) is 3.73. The van der Waals surface area contributed by atoms with Gasteiger partial charge in [-0.15, -0.1) is 0 Å². The lowest BCUT2D eigenvalue weighted by Crippen LogP contribution is -2.54. The summed E-state index contributed by atoms with van der Waals surface area (Å²) in [6, 6.07) is 15.6. The average molecular weight is 511 g/mol. The highest BCUT2D eigenvalue weighted by Crippen LogP contribution is 2.28. The van der Waals surface area contributed by atoms with Crippen LogP contribution in [-0.4, -0.2) is 26.3 Å². The first-order valence-electron chi connectivity index (χ1n) is 10.3. The fourth-order valence-electron chi connectivity index (χ4n) is 3.36. The minimum absolute atomic E-state index is 0.106. The second-order valence-corrected chi connectivity index (χ2v) is 9.74. The van der Waals surface area contributed by atoms with Crippen LogP contribution in [0.2, 0.25) is 5.02 Å². The number of urea groups is 1. The van der Waals surface area contributed by atoms with E-state index >= 15 is 0 Å². The highest BCUT2D eigenvalue weighted by atomic mass is 35.5. The summed E-state index contributed by atoms with van der Waals surface area (Å²) in [7, 11) is -4.23. The molecule has 10 heteroatoms. The number of nitrogens with zero attached hydrogens (tertiary/aromatic N) is 1. The van der Waals surface area contributed by atoms with Crippen LogP contribution in [0.4, 0.5) is 10.5 Å². The van der Waals surface area contributed by atoms with Gasteiger partial charge in [0.15, 0.2) is 0 Å². The number of carbonyl (C=O) groups excluding carboxylic acids is 3. The van der Waals surface area contributed by atoms with Crippen molar-refractivity contribution in [2.75, 3.05) is 4.90 Å². The van der Waals surface area contributed by atoms with E-state index in [1.54, 1.807) is 30.3 Å². The summed E-state index contributed by atoms with van der Waals surface area (Å²) >= 11 is 5.82. The molecule has 0 saturated carbocycles. The maximum Gasteiger partial charge on any atom is 0.339 e. The highest BCUT2D eigenvalue weighted by molar-refractivity contribution is 7.87. The molecule has 1 N–H and O–H groups in total. The minimum atomic E-state index is -4.23. The van der Waals surface area contributed by atoms with E-state index in [9.17, 15) is 22.8 Å². The van der Waals surface area contributed by atoms with Crippen molar-refractivity contribution < 1.29 is 27.0 Å². The Balaban J connectivity index is 1.71. The molecule has 1 heterocycles. The molecule has 1 fully saturated rings. The maximum absolute atomic E-state index is 13.2. The van der Waals surface area contributed by atoms with Gasteiger partial charge in [-0.25, -0.2) is 9.69 Å². The first-order valence-corrected chi connectivity index (χ1v) is 12.1. The number of barbiturate groups is 1. The summed E-state index contributed by atoms with van der Waals surface area (Å²) in [6.07, 6.45) is 1.19.